The summed E-state index contributed by atoms with van der Waals surface area (Å²) >= 11 is 0. The fraction of sp³-hybridized carbons (Fsp3) is 0.646. The number of hydrogen-bond donors (Lipinski definition) is 1. The summed E-state index contributed by atoms with van der Waals surface area (Å²) in [6.45, 7) is 21.0. The zero-order valence-electron chi connectivity index (χ0n) is 33.7. The van der Waals surface area contributed by atoms with E-state index in [4.69, 9.17) is 9.97 Å². The summed E-state index contributed by atoms with van der Waals surface area (Å²) in [6, 6.07) is 19.6. The SMILES string of the molecule is C[C@H]1[C@H](C)CC[C@]2(C(=O)NC3CCN(Cc4ccccc4)CC3)CC[C@]3(C)C(=CC[C@@H]4[C@@]5(C)Cc6nc7ccccc7nc6C(C)(C)[C@@H]5CC[C@]43C)[C@H]12. The lowest BCUT2D eigenvalue weighted by Crippen LogP contribution is -2.66. The highest BCUT2D eigenvalue weighted by Gasteiger charge is 2.69. The molecule has 2 heterocycles. The van der Waals surface area contributed by atoms with Gasteiger partial charge in [-0.2, -0.15) is 0 Å². The second kappa shape index (κ2) is 12.5. The Bertz CT molecular complexity index is 1930. The van der Waals surface area contributed by atoms with Gasteiger partial charge >= 0.3 is 0 Å². The molecule has 5 heteroatoms. The van der Waals surface area contributed by atoms with Crippen LogP contribution in [0.2, 0.25) is 0 Å². The Balaban J connectivity index is 1.01. The van der Waals surface area contributed by atoms with Crippen molar-refractivity contribution in [2.75, 3.05) is 13.1 Å². The Morgan fingerprint density at radius 3 is 2.25 bits per heavy atom. The number of likely N-dealkylation sites (tertiary alicyclic amines) is 1. The first-order valence-corrected chi connectivity index (χ1v) is 21.3. The van der Waals surface area contributed by atoms with E-state index >= 15 is 0 Å². The highest BCUT2D eigenvalue weighted by Crippen LogP contribution is 2.75. The summed E-state index contributed by atoms with van der Waals surface area (Å²) in [5, 5.41) is 3.74. The van der Waals surface area contributed by atoms with Gasteiger partial charge < -0.3 is 5.32 Å². The van der Waals surface area contributed by atoms with E-state index in [0.29, 0.717) is 35.5 Å². The summed E-state index contributed by atoms with van der Waals surface area (Å²) in [4.78, 5) is 28.2. The molecule has 1 amide bonds. The van der Waals surface area contributed by atoms with Crippen LogP contribution in [0.25, 0.3) is 11.0 Å². The molecule has 5 aliphatic carbocycles. The molecule has 1 N–H and O–H groups in total. The molecule has 3 aromatic rings. The average molecular weight is 713 g/mol. The number of allylic oxidation sites excluding steroid dienone is 2. The van der Waals surface area contributed by atoms with Crippen LogP contribution >= 0.6 is 0 Å². The third-order valence-corrected chi connectivity index (χ3v) is 17.6. The minimum absolute atomic E-state index is 0.0313. The van der Waals surface area contributed by atoms with Crippen molar-refractivity contribution in [2.24, 2.45) is 51.2 Å². The Hall–Kier alpha value is -3.05. The Kier molecular flexibility index (Phi) is 8.39. The van der Waals surface area contributed by atoms with Gasteiger partial charge in [-0.05, 0) is 128 Å². The number of rotatable bonds is 4. The van der Waals surface area contributed by atoms with Gasteiger partial charge in [-0.1, -0.05) is 103 Å². The van der Waals surface area contributed by atoms with E-state index < -0.39 is 0 Å². The highest BCUT2D eigenvalue weighted by molar-refractivity contribution is 5.84. The molecular formula is C48H64N4O. The lowest BCUT2D eigenvalue weighted by molar-refractivity contribution is -0.170. The molecule has 1 saturated heterocycles. The number of hydrogen-bond acceptors (Lipinski definition) is 4. The summed E-state index contributed by atoms with van der Waals surface area (Å²) in [7, 11) is 0. The fourth-order valence-electron chi connectivity index (χ4n) is 14.3. The molecule has 1 aliphatic heterocycles. The average Bonchev–Trinajstić information content (AvgIpc) is 3.14. The summed E-state index contributed by atoms with van der Waals surface area (Å²) in [5.74, 6) is 2.98. The maximum atomic E-state index is 14.9. The van der Waals surface area contributed by atoms with Crippen LogP contribution in [0.3, 0.4) is 0 Å². The molecule has 0 spiro atoms. The van der Waals surface area contributed by atoms with E-state index in [1.807, 2.05) is 0 Å². The Morgan fingerprint density at radius 2 is 1.51 bits per heavy atom. The van der Waals surface area contributed by atoms with Crippen LogP contribution in [-0.2, 0) is 23.2 Å². The van der Waals surface area contributed by atoms with E-state index in [2.05, 4.69) is 119 Å². The quantitative estimate of drug-likeness (QED) is 0.274. The molecule has 4 fully saturated rings. The first-order chi connectivity index (χ1) is 25.3. The number of carbonyl (C=O) groups is 1. The van der Waals surface area contributed by atoms with E-state index in [1.54, 1.807) is 5.57 Å². The van der Waals surface area contributed by atoms with Gasteiger partial charge in [0.1, 0.15) is 0 Å². The Labute approximate surface area is 319 Å². The minimum atomic E-state index is -0.287. The molecule has 5 nitrogen and oxygen atoms in total. The number of para-hydroxylation sites is 2. The minimum Gasteiger partial charge on any atom is -0.353 e. The second-order valence-electron chi connectivity index (χ2n) is 20.2. The molecular weight excluding hydrogens is 649 g/mol. The van der Waals surface area contributed by atoms with Crippen molar-refractivity contribution >= 4 is 16.9 Å². The van der Waals surface area contributed by atoms with Gasteiger partial charge in [0.25, 0.3) is 0 Å². The summed E-state index contributed by atoms with van der Waals surface area (Å²) < 4.78 is 0. The van der Waals surface area contributed by atoms with E-state index in [1.165, 1.54) is 29.8 Å². The molecule has 6 aliphatic rings. The van der Waals surface area contributed by atoms with Crippen LogP contribution in [0, 0.1) is 51.2 Å². The van der Waals surface area contributed by atoms with Crippen LogP contribution < -0.4 is 5.32 Å². The molecule has 9 rings (SSSR count). The monoisotopic (exact) mass is 713 g/mol. The maximum Gasteiger partial charge on any atom is 0.227 e. The van der Waals surface area contributed by atoms with Crippen LogP contribution in [0.4, 0.5) is 0 Å². The van der Waals surface area contributed by atoms with Crippen LogP contribution in [-0.4, -0.2) is 39.9 Å². The highest BCUT2D eigenvalue weighted by atomic mass is 16.2. The van der Waals surface area contributed by atoms with Crippen molar-refractivity contribution in [1.82, 2.24) is 20.2 Å². The van der Waals surface area contributed by atoms with E-state index in [-0.39, 0.29) is 33.1 Å². The lowest BCUT2D eigenvalue weighted by atomic mass is 9.33. The van der Waals surface area contributed by atoms with Crippen molar-refractivity contribution in [3.8, 4) is 0 Å². The van der Waals surface area contributed by atoms with E-state index in [0.717, 1.165) is 82.0 Å². The van der Waals surface area contributed by atoms with Crippen LogP contribution in [0.15, 0.2) is 66.2 Å². The maximum absolute atomic E-state index is 14.9. The number of amides is 1. The van der Waals surface area contributed by atoms with Gasteiger partial charge in [-0.25, -0.2) is 9.97 Å². The third-order valence-electron chi connectivity index (χ3n) is 17.6. The van der Waals surface area contributed by atoms with Gasteiger partial charge in [-0.3, -0.25) is 9.69 Å². The van der Waals surface area contributed by atoms with Crippen LogP contribution in [0.1, 0.15) is 123 Å². The molecule has 3 saturated carbocycles. The number of aromatic nitrogens is 2. The standard InChI is InChI=1S/C48H64N4O/c1-31-19-24-48(43(53)49-34-21-27-52(28-22-34)30-33-13-9-8-10-14-33)26-25-46(6)35(41(48)32(31)2)17-18-40-45(5)29-38-42(51-37-16-12-11-15-36(37)50-38)44(3,4)39(45)20-23-47(40,46)7/h8-17,31-32,34,39-41H,18-30H2,1-7H3,(H,49,53)/t31-,32+,39+,40-,41+,45+,46-,47-,48+/m1/s1. The zero-order valence-corrected chi connectivity index (χ0v) is 33.7. The predicted octanol–water partition coefficient (Wildman–Crippen LogP) is 10.1. The van der Waals surface area contributed by atoms with Gasteiger partial charge in [0.2, 0.25) is 5.91 Å². The topological polar surface area (TPSA) is 58.1 Å². The number of piperidine rings is 1. The molecule has 1 aromatic heterocycles. The Morgan fingerprint density at radius 1 is 0.811 bits per heavy atom. The van der Waals surface area contributed by atoms with Crippen molar-refractivity contribution in [2.45, 2.75) is 131 Å². The number of nitrogens with zero attached hydrogens (tertiary/aromatic N) is 3. The van der Waals surface area contributed by atoms with Gasteiger partial charge in [0, 0.05) is 31.1 Å². The largest absolute Gasteiger partial charge is 0.353 e. The molecule has 2 aromatic carbocycles. The van der Waals surface area contributed by atoms with Crippen molar-refractivity contribution in [3.63, 3.8) is 0 Å². The van der Waals surface area contributed by atoms with Crippen LogP contribution in [0.5, 0.6) is 0 Å². The van der Waals surface area contributed by atoms with Crippen molar-refractivity contribution in [3.05, 3.63) is 83.2 Å². The molecule has 53 heavy (non-hydrogen) atoms. The number of nitrogens with one attached hydrogen (secondary N) is 1. The third kappa shape index (κ3) is 5.21. The summed E-state index contributed by atoms with van der Waals surface area (Å²) in [6.07, 6.45) is 13.8. The van der Waals surface area contributed by atoms with Crippen molar-refractivity contribution in [1.29, 1.82) is 0 Å². The molecule has 0 bridgehead atoms. The second-order valence-corrected chi connectivity index (χ2v) is 20.2. The summed E-state index contributed by atoms with van der Waals surface area (Å²) in [5.41, 5.74) is 7.66. The number of benzene rings is 2. The number of carbonyl (C=O) groups excluding carboxylic acids is 1. The van der Waals surface area contributed by atoms with Gasteiger partial charge in [0.15, 0.2) is 0 Å². The first-order valence-electron chi connectivity index (χ1n) is 21.3. The van der Waals surface area contributed by atoms with Crippen molar-refractivity contribution < 1.29 is 4.79 Å². The van der Waals surface area contributed by atoms with Gasteiger partial charge in [-0.15, -0.1) is 0 Å². The van der Waals surface area contributed by atoms with E-state index in [9.17, 15) is 4.79 Å². The predicted molar refractivity (Wildman–Crippen MR) is 215 cm³/mol. The molecule has 9 atom stereocenters. The first kappa shape index (κ1) is 35.6. The fourth-order valence-corrected chi connectivity index (χ4v) is 14.3. The molecule has 0 radical (unpaired) electrons. The normalized spacial score (nSPS) is 39.5. The number of fused-ring (bicyclic) bond motifs is 9. The molecule has 282 valence electrons. The lowest BCUT2D eigenvalue weighted by Gasteiger charge is -2.71. The van der Waals surface area contributed by atoms with Gasteiger partial charge in [0.05, 0.1) is 27.8 Å². The zero-order chi connectivity index (χ0) is 37.0. The smallest absolute Gasteiger partial charge is 0.227 e. The molecule has 0 unspecified atom stereocenters.